The molecule has 19 heavy (non-hydrogen) atoms. The first-order valence-corrected chi connectivity index (χ1v) is 6.07. The van der Waals surface area contributed by atoms with Crippen molar-refractivity contribution in [3.63, 3.8) is 0 Å². The highest BCUT2D eigenvalue weighted by Crippen LogP contribution is 2.24. The van der Waals surface area contributed by atoms with E-state index in [2.05, 4.69) is 10.3 Å². The number of nitro benzene ring substituents is 1. The molecule has 0 saturated heterocycles. The number of hydrogen-bond donors (Lipinski definition) is 1. The Kier molecular flexibility index (Phi) is 4.13. The van der Waals surface area contributed by atoms with Crippen molar-refractivity contribution in [2.45, 2.75) is 13.1 Å². The summed E-state index contributed by atoms with van der Waals surface area (Å²) in [5, 5.41) is 14.4. The first kappa shape index (κ1) is 13.5. The summed E-state index contributed by atoms with van der Waals surface area (Å²) in [5.41, 5.74) is 0.626. The molecule has 6 nitrogen and oxygen atoms in total. The summed E-state index contributed by atoms with van der Waals surface area (Å²) >= 11 is 5.79. The van der Waals surface area contributed by atoms with Gasteiger partial charge >= 0.3 is 0 Å². The number of nitrogens with zero attached hydrogens (tertiary/aromatic N) is 3. The molecule has 1 aromatic heterocycles. The van der Waals surface area contributed by atoms with Gasteiger partial charge < -0.3 is 9.88 Å². The van der Waals surface area contributed by atoms with Gasteiger partial charge in [-0.2, -0.15) is 0 Å². The highest BCUT2D eigenvalue weighted by Gasteiger charge is 2.15. The van der Waals surface area contributed by atoms with E-state index in [9.17, 15) is 10.1 Å². The average molecular weight is 281 g/mol. The second-order valence-corrected chi connectivity index (χ2v) is 4.47. The van der Waals surface area contributed by atoms with Crippen LogP contribution in [-0.2, 0) is 13.1 Å². The Hall–Kier alpha value is -1.92. The molecule has 0 radical (unpaired) electrons. The molecule has 0 unspecified atom stereocenters. The van der Waals surface area contributed by atoms with Crippen LogP contribution in [0.25, 0.3) is 0 Å². The third-order valence-electron chi connectivity index (χ3n) is 2.72. The molecule has 0 saturated carbocycles. The van der Waals surface area contributed by atoms with Gasteiger partial charge in [-0.05, 0) is 19.2 Å². The van der Waals surface area contributed by atoms with E-state index in [0.29, 0.717) is 23.7 Å². The van der Waals surface area contributed by atoms with Gasteiger partial charge in [0.05, 0.1) is 18.0 Å². The lowest BCUT2D eigenvalue weighted by molar-refractivity contribution is -0.385. The molecule has 0 atom stereocenters. The van der Waals surface area contributed by atoms with Crippen molar-refractivity contribution >= 4 is 17.3 Å². The van der Waals surface area contributed by atoms with Crippen molar-refractivity contribution in [2.24, 2.45) is 0 Å². The smallest absolute Gasteiger partial charge is 0.275 e. The number of nitro groups is 1. The standard InChI is InChI=1S/C12H13ClN4O2/c1-14-7-12-15-4-5-16(12)8-9-2-3-10(13)6-11(9)17(18)19/h2-6,14H,7-8H2,1H3. The van der Waals surface area contributed by atoms with Gasteiger partial charge in [0.2, 0.25) is 0 Å². The molecule has 0 spiro atoms. The van der Waals surface area contributed by atoms with Crippen LogP contribution in [0.15, 0.2) is 30.6 Å². The molecular formula is C12H13ClN4O2. The Morgan fingerprint density at radius 3 is 3.00 bits per heavy atom. The second-order valence-electron chi connectivity index (χ2n) is 4.03. The third-order valence-corrected chi connectivity index (χ3v) is 2.96. The van der Waals surface area contributed by atoms with Crippen molar-refractivity contribution in [3.05, 3.63) is 57.1 Å². The fraction of sp³-hybridized carbons (Fsp3) is 0.250. The molecule has 0 aliphatic heterocycles. The molecular weight excluding hydrogens is 268 g/mol. The van der Waals surface area contributed by atoms with E-state index in [1.54, 1.807) is 24.5 Å². The van der Waals surface area contributed by atoms with Gasteiger partial charge in [0, 0.05) is 29.0 Å². The molecule has 100 valence electrons. The molecule has 0 aliphatic carbocycles. The minimum atomic E-state index is -0.421. The minimum absolute atomic E-state index is 0.0246. The zero-order valence-electron chi connectivity index (χ0n) is 10.3. The van der Waals surface area contributed by atoms with Gasteiger partial charge in [-0.15, -0.1) is 0 Å². The normalized spacial score (nSPS) is 10.6. The SMILES string of the molecule is CNCc1nccn1Cc1ccc(Cl)cc1[N+](=O)[O-]. The first-order valence-electron chi connectivity index (χ1n) is 5.69. The Morgan fingerprint density at radius 1 is 1.53 bits per heavy atom. The maximum Gasteiger partial charge on any atom is 0.275 e. The summed E-state index contributed by atoms with van der Waals surface area (Å²) in [4.78, 5) is 14.8. The third kappa shape index (κ3) is 3.10. The molecule has 0 fully saturated rings. The lowest BCUT2D eigenvalue weighted by atomic mass is 10.2. The van der Waals surface area contributed by atoms with Gasteiger partial charge in [0.25, 0.3) is 5.69 Å². The van der Waals surface area contributed by atoms with Crippen LogP contribution in [0.1, 0.15) is 11.4 Å². The fourth-order valence-electron chi connectivity index (χ4n) is 1.83. The number of nitrogens with one attached hydrogen (secondary N) is 1. The highest BCUT2D eigenvalue weighted by atomic mass is 35.5. The van der Waals surface area contributed by atoms with Crippen molar-refractivity contribution in [1.82, 2.24) is 14.9 Å². The zero-order valence-corrected chi connectivity index (χ0v) is 11.1. The van der Waals surface area contributed by atoms with Crippen molar-refractivity contribution in [1.29, 1.82) is 0 Å². The Morgan fingerprint density at radius 2 is 2.32 bits per heavy atom. The zero-order chi connectivity index (χ0) is 13.8. The predicted octanol–water partition coefficient (Wildman–Crippen LogP) is 2.21. The Labute approximate surface area is 115 Å². The van der Waals surface area contributed by atoms with E-state index in [1.807, 2.05) is 11.6 Å². The number of imidazole rings is 1. The van der Waals surface area contributed by atoms with Gasteiger partial charge in [0.15, 0.2) is 0 Å². The molecule has 1 heterocycles. The largest absolute Gasteiger partial charge is 0.329 e. The summed E-state index contributed by atoms with van der Waals surface area (Å²) in [6.07, 6.45) is 3.47. The van der Waals surface area contributed by atoms with E-state index in [4.69, 9.17) is 11.6 Å². The van der Waals surface area contributed by atoms with Crippen LogP contribution in [0, 0.1) is 10.1 Å². The van der Waals surface area contributed by atoms with E-state index >= 15 is 0 Å². The maximum atomic E-state index is 11.0. The van der Waals surface area contributed by atoms with Crippen molar-refractivity contribution in [3.8, 4) is 0 Å². The summed E-state index contributed by atoms with van der Waals surface area (Å²) < 4.78 is 1.87. The van der Waals surface area contributed by atoms with Gasteiger partial charge in [-0.3, -0.25) is 10.1 Å². The number of halogens is 1. The van der Waals surface area contributed by atoms with E-state index in [-0.39, 0.29) is 5.69 Å². The molecule has 0 bridgehead atoms. The molecule has 0 amide bonds. The summed E-state index contributed by atoms with van der Waals surface area (Å²) in [6.45, 7) is 0.999. The summed E-state index contributed by atoms with van der Waals surface area (Å²) in [6, 6.07) is 4.69. The Bertz CT molecular complexity index is 597. The fourth-order valence-corrected chi connectivity index (χ4v) is 2.00. The Balaban J connectivity index is 2.32. The molecule has 2 rings (SSSR count). The van der Waals surface area contributed by atoms with Crippen LogP contribution in [0.5, 0.6) is 0 Å². The lowest BCUT2D eigenvalue weighted by Crippen LogP contribution is -2.13. The molecule has 1 aromatic carbocycles. The van der Waals surface area contributed by atoms with Gasteiger partial charge in [-0.25, -0.2) is 4.98 Å². The van der Waals surface area contributed by atoms with Crippen LogP contribution in [0.2, 0.25) is 5.02 Å². The number of benzene rings is 1. The monoisotopic (exact) mass is 280 g/mol. The highest BCUT2D eigenvalue weighted by molar-refractivity contribution is 6.30. The second kappa shape index (κ2) is 5.81. The quantitative estimate of drug-likeness (QED) is 0.673. The van der Waals surface area contributed by atoms with Crippen LogP contribution in [0.4, 0.5) is 5.69 Å². The van der Waals surface area contributed by atoms with Crippen LogP contribution < -0.4 is 5.32 Å². The predicted molar refractivity (Wildman–Crippen MR) is 72.2 cm³/mol. The van der Waals surface area contributed by atoms with Gasteiger partial charge in [0.1, 0.15) is 5.82 Å². The number of hydrogen-bond acceptors (Lipinski definition) is 4. The topological polar surface area (TPSA) is 73.0 Å². The van der Waals surface area contributed by atoms with Crippen molar-refractivity contribution in [2.75, 3.05) is 7.05 Å². The van der Waals surface area contributed by atoms with E-state index in [1.165, 1.54) is 6.07 Å². The molecule has 1 N–H and O–H groups in total. The molecule has 0 aliphatic rings. The van der Waals surface area contributed by atoms with Gasteiger partial charge in [-0.1, -0.05) is 11.6 Å². The number of rotatable bonds is 5. The summed E-state index contributed by atoms with van der Waals surface area (Å²) in [5.74, 6) is 0.826. The lowest BCUT2D eigenvalue weighted by Gasteiger charge is -2.08. The minimum Gasteiger partial charge on any atom is -0.329 e. The summed E-state index contributed by atoms with van der Waals surface area (Å²) in [7, 11) is 1.82. The average Bonchev–Trinajstić information content (AvgIpc) is 2.79. The van der Waals surface area contributed by atoms with E-state index in [0.717, 1.165) is 5.82 Å². The van der Waals surface area contributed by atoms with Crippen LogP contribution in [-0.4, -0.2) is 21.5 Å². The molecule has 7 heteroatoms. The maximum absolute atomic E-state index is 11.0. The van der Waals surface area contributed by atoms with E-state index < -0.39 is 4.92 Å². The van der Waals surface area contributed by atoms with Crippen LogP contribution >= 0.6 is 11.6 Å². The van der Waals surface area contributed by atoms with Crippen molar-refractivity contribution < 1.29 is 4.92 Å². The molecule has 2 aromatic rings. The first-order chi connectivity index (χ1) is 9.11. The number of aromatic nitrogens is 2. The van der Waals surface area contributed by atoms with Crippen LogP contribution in [0.3, 0.4) is 0 Å².